The van der Waals surface area contributed by atoms with E-state index in [1.807, 2.05) is 9.80 Å². The molecule has 2 rings (SSSR count). The van der Waals surface area contributed by atoms with Crippen LogP contribution in [0.1, 0.15) is 0 Å². The summed E-state index contributed by atoms with van der Waals surface area (Å²) in [5.41, 5.74) is 0. The van der Waals surface area contributed by atoms with Crippen molar-refractivity contribution in [3.05, 3.63) is 0 Å². The Balaban J connectivity index is 1.87. The fraction of sp³-hybridized carbons (Fsp3) is 0.875. The SMILES string of the molecule is O=C(N1CCOCC1)N1CCNC1. The summed E-state index contributed by atoms with van der Waals surface area (Å²) in [5, 5.41) is 3.14. The highest BCUT2D eigenvalue weighted by Gasteiger charge is 2.24. The average Bonchev–Trinajstić information content (AvgIpc) is 2.71. The number of nitrogens with zero attached hydrogens (tertiary/aromatic N) is 2. The third-order valence-electron chi connectivity index (χ3n) is 2.41. The molecule has 2 aliphatic rings. The molecule has 0 aromatic carbocycles. The Hall–Kier alpha value is -0.810. The van der Waals surface area contributed by atoms with Gasteiger partial charge in [-0.2, -0.15) is 0 Å². The molecule has 2 aliphatic heterocycles. The zero-order valence-electron chi connectivity index (χ0n) is 7.66. The molecule has 0 aliphatic carbocycles. The standard InChI is InChI=1S/C8H15N3O2/c12-8(11-2-1-9-7-11)10-3-5-13-6-4-10/h9H,1-7H2. The van der Waals surface area contributed by atoms with E-state index < -0.39 is 0 Å². The van der Waals surface area contributed by atoms with Crippen LogP contribution in [-0.4, -0.2) is 61.9 Å². The van der Waals surface area contributed by atoms with E-state index in [0.29, 0.717) is 19.9 Å². The summed E-state index contributed by atoms with van der Waals surface area (Å²) in [7, 11) is 0. The van der Waals surface area contributed by atoms with Gasteiger partial charge in [-0.3, -0.25) is 5.32 Å². The zero-order valence-corrected chi connectivity index (χ0v) is 7.66. The molecule has 0 aromatic rings. The summed E-state index contributed by atoms with van der Waals surface area (Å²) < 4.78 is 5.18. The molecule has 0 bridgehead atoms. The molecule has 74 valence electrons. The van der Waals surface area contributed by atoms with Crippen LogP contribution in [0, 0.1) is 0 Å². The number of rotatable bonds is 0. The van der Waals surface area contributed by atoms with E-state index in [0.717, 1.165) is 26.2 Å². The van der Waals surface area contributed by atoms with Crippen LogP contribution in [0.3, 0.4) is 0 Å². The average molecular weight is 185 g/mol. The second-order valence-corrected chi connectivity index (χ2v) is 3.30. The van der Waals surface area contributed by atoms with Crippen molar-refractivity contribution in [2.45, 2.75) is 0 Å². The monoisotopic (exact) mass is 185 g/mol. The quantitative estimate of drug-likeness (QED) is 0.543. The minimum absolute atomic E-state index is 0.147. The molecule has 13 heavy (non-hydrogen) atoms. The fourth-order valence-corrected chi connectivity index (χ4v) is 1.63. The molecule has 0 radical (unpaired) electrons. The molecule has 5 nitrogen and oxygen atoms in total. The first-order valence-corrected chi connectivity index (χ1v) is 4.70. The zero-order chi connectivity index (χ0) is 9.10. The van der Waals surface area contributed by atoms with Gasteiger partial charge in [0.2, 0.25) is 0 Å². The van der Waals surface area contributed by atoms with Crippen LogP contribution < -0.4 is 5.32 Å². The summed E-state index contributed by atoms with van der Waals surface area (Å²) >= 11 is 0. The van der Waals surface area contributed by atoms with Crippen LogP contribution in [0.15, 0.2) is 0 Å². The van der Waals surface area contributed by atoms with Crippen molar-refractivity contribution < 1.29 is 9.53 Å². The van der Waals surface area contributed by atoms with Gasteiger partial charge in [-0.25, -0.2) is 4.79 Å². The molecule has 0 aromatic heterocycles. The van der Waals surface area contributed by atoms with E-state index in [9.17, 15) is 4.79 Å². The number of nitrogens with one attached hydrogen (secondary N) is 1. The highest BCUT2D eigenvalue weighted by atomic mass is 16.5. The lowest BCUT2D eigenvalue weighted by atomic mass is 10.4. The lowest BCUT2D eigenvalue weighted by molar-refractivity contribution is 0.0451. The largest absolute Gasteiger partial charge is 0.378 e. The lowest BCUT2D eigenvalue weighted by Crippen LogP contribution is -2.47. The highest BCUT2D eigenvalue weighted by molar-refractivity contribution is 5.74. The van der Waals surface area contributed by atoms with Crippen LogP contribution in [0.2, 0.25) is 0 Å². The van der Waals surface area contributed by atoms with Crippen molar-refractivity contribution in [2.24, 2.45) is 0 Å². The molecule has 0 spiro atoms. The van der Waals surface area contributed by atoms with Crippen molar-refractivity contribution in [2.75, 3.05) is 46.1 Å². The molecule has 1 N–H and O–H groups in total. The van der Waals surface area contributed by atoms with E-state index in [-0.39, 0.29) is 6.03 Å². The second kappa shape index (κ2) is 3.93. The van der Waals surface area contributed by atoms with Gasteiger partial charge in [0.25, 0.3) is 0 Å². The van der Waals surface area contributed by atoms with Gasteiger partial charge in [0, 0.05) is 26.2 Å². The third kappa shape index (κ3) is 1.92. The number of ether oxygens (including phenoxy) is 1. The van der Waals surface area contributed by atoms with E-state index >= 15 is 0 Å². The van der Waals surface area contributed by atoms with Gasteiger partial charge in [-0.05, 0) is 0 Å². The number of morpholine rings is 1. The van der Waals surface area contributed by atoms with Gasteiger partial charge in [0.15, 0.2) is 0 Å². The summed E-state index contributed by atoms with van der Waals surface area (Å²) in [4.78, 5) is 15.5. The van der Waals surface area contributed by atoms with Crippen LogP contribution in [-0.2, 0) is 4.74 Å². The second-order valence-electron chi connectivity index (χ2n) is 3.30. The number of carbonyl (C=O) groups excluding carboxylic acids is 1. The van der Waals surface area contributed by atoms with Crippen molar-refractivity contribution in [3.63, 3.8) is 0 Å². The van der Waals surface area contributed by atoms with Gasteiger partial charge in [0.05, 0.1) is 19.9 Å². The summed E-state index contributed by atoms with van der Waals surface area (Å²) in [6.45, 7) is 5.24. The first-order chi connectivity index (χ1) is 6.38. The summed E-state index contributed by atoms with van der Waals surface area (Å²) in [6.07, 6.45) is 0. The van der Waals surface area contributed by atoms with Crippen molar-refractivity contribution in [1.82, 2.24) is 15.1 Å². The first-order valence-electron chi connectivity index (χ1n) is 4.70. The normalized spacial score (nSPS) is 23.7. The molecule has 0 atom stereocenters. The van der Waals surface area contributed by atoms with Crippen LogP contribution >= 0.6 is 0 Å². The molecule has 2 amide bonds. The van der Waals surface area contributed by atoms with E-state index in [2.05, 4.69) is 5.32 Å². The Morgan fingerprint density at radius 2 is 1.92 bits per heavy atom. The smallest absolute Gasteiger partial charge is 0.321 e. The minimum atomic E-state index is 0.147. The van der Waals surface area contributed by atoms with Crippen molar-refractivity contribution in [3.8, 4) is 0 Å². The summed E-state index contributed by atoms with van der Waals surface area (Å²) in [5.74, 6) is 0. The van der Waals surface area contributed by atoms with Gasteiger partial charge in [0.1, 0.15) is 0 Å². The lowest BCUT2D eigenvalue weighted by Gasteiger charge is -2.30. The maximum Gasteiger partial charge on any atom is 0.321 e. The topological polar surface area (TPSA) is 44.8 Å². The Bertz CT molecular complexity index is 186. The molecule has 5 heteroatoms. The third-order valence-corrected chi connectivity index (χ3v) is 2.41. The van der Waals surface area contributed by atoms with Gasteiger partial charge < -0.3 is 14.5 Å². The molecular weight excluding hydrogens is 170 g/mol. The maximum atomic E-state index is 11.8. The number of urea groups is 1. The van der Waals surface area contributed by atoms with Crippen LogP contribution in [0.4, 0.5) is 4.79 Å². The van der Waals surface area contributed by atoms with Crippen molar-refractivity contribution >= 4 is 6.03 Å². The number of amides is 2. The molecule has 2 fully saturated rings. The van der Waals surface area contributed by atoms with E-state index in [1.165, 1.54) is 0 Å². The van der Waals surface area contributed by atoms with Crippen LogP contribution in [0.5, 0.6) is 0 Å². The molecule has 2 saturated heterocycles. The maximum absolute atomic E-state index is 11.8. The predicted molar refractivity (Wildman–Crippen MR) is 47.4 cm³/mol. The molecular formula is C8H15N3O2. The van der Waals surface area contributed by atoms with E-state index in [4.69, 9.17) is 4.74 Å². The highest BCUT2D eigenvalue weighted by Crippen LogP contribution is 2.04. The van der Waals surface area contributed by atoms with E-state index in [1.54, 1.807) is 0 Å². The Labute approximate surface area is 77.6 Å². The summed E-state index contributed by atoms with van der Waals surface area (Å²) in [6, 6.07) is 0.147. The fourth-order valence-electron chi connectivity index (χ4n) is 1.63. The number of carbonyl (C=O) groups is 1. The molecule has 0 saturated carbocycles. The Morgan fingerprint density at radius 1 is 1.15 bits per heavy atom. The first kappa shape index (κ1) is 8.77. The van der Waals surface area contributed by atoms with Gasteiger partial charge >= 0.3 is 6.03 Å². The molecule has 0 unspecified atom stereocenters. The Morgan fingerprint density at radius 3 is 2.54 bits per heavy atom. The number of hydrogen-bond donors (Lipinski definition) is 1. The van der Waals surface area contributed by atoms with Gasteiger partial charge in [-0.1, -0.05) is 0 Å². The van der Waals surface area contributed by atoms with Crippen molar-refractivity contribution in [1.29, 1.82) is 0 Å². The number of hydrogen-bond acceptors (Lipinski definition) is 3. The van der Waals surface area contributed by atoms with Crippen LogP contribution in [0.25, 0.3) is 0 Å². The predicted octanol–water partition coefficient (Wildman–Crippen LogP) is -0.699. The minimum Gasteiger partial charge on any atom is -0.378 e. The molecule has 2 heterocycles. The van der Waals surface area contributed by atoms with Gasteiger partial charge in [-0.15, -0.1) is 0 Å². The Kier molecular flexibility index (Phi) is 2.65.